The maximum atomic E-state index is 9.91. The van der Waals surface area contributed by atoms with Crippen molar-refractivity contribution in [3.05, 3.63) is 59.7 Å². The smallest absolute Gasteiger partial charge is 0.282 e. The largest absolute Gasteiger partial charge is 0.493 e. The molecule has 0 spiro atoms. The number of rotatable bonds is 5. The summed E-state index contributed by atoms with van der Waals surface area (Å²) in [7, 11) is 3.18. The zero-order valence-corrected chi connectivity index (χ0v) is 17.1. The predicted molar refractivity (Wildman–Crippen MR) is 117 cm³/mol. The Bertz CT molecular complexity index is 1130. The molecule has 3 aromatic rings. The number of allylic oxidation sites excluding steroid dienone is 1. The molecule has 0 radical (unpaired) electrons. The molecule has 1 N–H and O–H groups in total. The van der Waals surface area contributed by atoms with Gasteiger partial charge in [-0.3, -0.25) is 4.90 Å². The van der Waals surface area contributed by atoms with Crippen molar-refractivity contribution in [3.63, 3.8) is 0 Å². The van der Waals surface area contributed by atoms with E-state index < -0.39 is 0 Å². The van der Waals surface area contributed by atoms with Gasteiger partial charge in [0.05, 0.1) is 44.6 Å². The van der Waals surface area contributed by atoms with E-state index in [2.05, 4.69) is 34.2 Å². The van der Waals surface area contributed by atoms with Crippen molar-refractivity contribution in [2.24, 2.45) is 0 Å². The molecular weight excluding hydrogens is 378 g/mol. The van der Waals surface area contributed by atoms with Gasteiger partial charge in [-0.1, -0.05) is 18.2 Å². The second-order valence-electron chi connectivity index (χ2n) is 7.00. The average molecular weight is 402 g/mol. The summed E-state index contributed by atoms with van der Waals surface area (Å²) < 4.78 is 16.2. The van der Waals surface area contributed by atoms with Crippen molar-refractivity contribution in [2.75, 3.05) is 45.4 Å². The Kier molecular flexibility index (Phi) is 5.82. The highest BCUT2D eigenvalue weighted by Gasteiger charge is 2.23. The van der Waals surface area contributed by atoms with Gasteiger partial charge in [-0.25, -0.2) is 4.98 Å². The summed E-state index contributed by atoms with van der Waals surface area (Å²) in [5, 5.41) is 11.0. The zero-order chi connectivity index (χ0) is 20.9. The second kappa shape index (κ2) is 8.85. The number of nitrogens with one attached hydrogen (secondary N) is 1. The minimum atomic E-state index is 0.550. The highest BCUT2D eigenvalue weighted by Crippen LogP contribution is 2.32. The Balaban J connectivity index is 1.84. The van der Waals surface area contributed by atoms with Gasteiger partial charge in [0.2, 0.25) is 0 Å². The van der Waals surface area contributed by atoms with Gasteiger partial charge in [-0.2, -0.15) is 5.26 Å². The molecule has 0 atom stereocenters. The minimum absolute atomic E-state index is 0.550. The summed E-state index contributed by atoms with van der Waals surface area (Å²) in [6, 6.07) is 18.1. The van der Waals surface area contributed by atoms with Crippen molar-refractivity contribution in [1.82, 2.24) is 0 Å². The molecule has 1 aliphatic heterocycles. The molecule has 0 bridgehead atoms. The van der Waals surface area contributed by atoms with E-state index in [9.17, 15) is 5.26 Å². The molecule has 2 heterocycles. The molecule has 30 heavy (non-hydrogen) atoms. The number of morpholine rings is 1. The minimum Gasteiger partial charge on any atom is -0.493 e. The summed E-state index contributed by atoms with van der Waals surface area (Å²) in [6.07, 6.45) is 1.93. The second-order valence-corrected chi connectivity index (χ2v) is 7.00. The Morgan fingerprint density at radius 1 is 1.07 bits per heavy atom. The normalized spacial score (nSPS) is 14.4. The Morgan fingerprint density at radius 3 is 2.57 bits per heavy atom. The monoisotopic (exact) mass is 402 g/mol. The number of benzene rings is 2. The summed E-state index contributed by atoms with van der Waals surface area (Å²) in [5.74, 6) is 2.21. The van der Waals surface area contributed by atoms with Crippen LogP contribution >= 0.6 is 0 Å². The fourth-order valence-corrected chi connectivity index (χ4v) is 3.67. The molecule has 6 nitrogen and oxygen atoms in total. The maximum absolute atomic E-state index is 9.91. The first-order chi connectivity index (χ1) is 14.7. The molecule has 1 saturated heterocycles. The maximum Gasteiger partial charge on any atom is 0.282 e. The van der Waals surface area contributed by atoms with Gasteiger partial charge in [0, 0.05) is 5.39 Å². The lowest BCUT2D eigenvalue weighted by molar-refractivity contribution is -0.331. The Labute approximate surface area is 175 Å². The molecule has 1 aliphatic rings. The lowest BCUT2D eigenvalue weighted by Gasteiger charge is -2.23. The number of anilines is 1. The zero-order valence-electron chi connectivity index (χ0n) is 17.1. The molecule has 1 aromatic heterocycles. The van der Waals surface area contributed by atoms with Crippen molar-refractivity contribution < 1.29 is 19.2 Å². The average Bonchev–Trinajstić information content (AvgIpc) is 2.82. The Hall–Kier alpha value is -3.56. The first-order valence-corrected chi connectivity index (χ1v) is 9.85. The number of nitriles is 1. The van der Waals surface area contributed by atoms with Crippen LogP contribution in [0, 0.1) is 11.3 Å². The number of hydrogen-bond acceptors (Lipinski definition) is 5. The third kappa shape index (κ3) is 3.93. The van der Waals surface area contributed by atoms with Crippen molar-refractivity contribution >= 4 is 28.4 Å². The van der Waals surface area contributed by atoms with Crippen LogP contribution in [-0.2, 0) is 4.74 Å². The first-order valence-electron chi connectivity index (χ1n) is 9.85. The molecule has 0 amide bonds. The van der Waals surface area contributed by atoms with E-state index in [1.165, 1.54) is 0 Å². The molecule has 0 unspecified atom stereocenters. The SMILES string of the molecule is COc1ccc(/C(C#N)=C/c2cc3ccccc3[nH+]c2N2CCOCC2)cc1OC. The van der Waals surface area contributed by atoms with E-state index in [4.69, 9.17) is 14.2 Å². The molecule has 0 saturated carbocycles. The van der Waals surface area contributed by atoms with E-state index in [-0.39, 0.29) is 0 Å². The number of ether oxygens (including phenoxy) is 3. The van der Waals surface area contributed by atoms with E-state index in [1.54, 1.807) is 14.2 Å². The van der Waals surface area contributed by atoms with Gasteiger partial charge >= 0.3 is 0 Å². The van der Waals surface area contributed by atoms with Crippen molar-refractivity contribution in [1.29, 1.82) is 5.26 Å². The van der Waals surface area contributed by atoms with Crippen LogP contribution in [0.3, 0.4) is 0 Å². The van der Waals surface area contributed by atoms with Crippen LogP contribution in [0.25, 0.3) is 22.6 Å². The molecule has 6 heteroatoms. The van der Waals surface area contributed by atoms with Crippen molar-refractivity contribution in [2.45, 2.75) is 0 Å². The fourth-order valence-electron chi connectivity index (χ4n) is 3.67. The summed E-state index contributed by atoms with van der Waals surface area (Å²) in [4.78, 5) is 5.83. The molecule has 4 rings (SSSR count). The molecule has 2 aromatic carbocycles. The molecule has 152 valence electrons. The van der Waals surface area contributed by atoms with Gasteiger partial charge in [-0.15, -0.1) is 0 Å². The molecular formula is C24H24N3O3+. The van der Waals surface area contributed by atoms with Crippen LogP contribution < -0.4 is 19.4 Å². The third-order valence-corrected chi connectivity index (χ3v) is 5.24. The molecule has 1 fully saturated rings. The van der Waals surface area contributed by atoms with Crippen LogP contribution in [0.5, 0.6) is 11.5 Å². The third-order valence-electron chi connectivity index (χ3n) is 5.24. The number of fused-ring (bicyclic) bond motifs is 1. The van der Waals surface area contributed by atoms with Crippen LogP contribution in [0.4, 0.5) is 5.82 Å². The van der Waals surface area contributed by atoms with E-state index in [0.29, 0.717) is 30.3 Å². The van der Waals surface area contributed by atoms with E-state index in [0.717, 1.165) is 40.9 Å². The summed E-state index contributed by atoms with van der Waals surface area (Å²) >= 11 is 0. The lowest BCUT2D eigenvalue weighted by Crippen LogP contribution is -2.40. The van der Waals surface area contributed by atoms with Crippen molar-refractivity contribution in [3.8, 4) is 17.6 Å². The van der Waals surface area contributed by atoms with E-state index >= 15 is 0 Å². The number of aromatic amines is 1. The number of H-pyrrole nitrogens is 1. The highest BCUT2D eigenvalue weighted by atomic mass is 16.5. The number of pyridine rings is 1. The number of aromatic nitrogens is 1. The summed E-state index contributed by atoms with van der Waals surface area (Å²) in [5.41, 5.74) is 3.34. The van der Waals surface area contributed by atoms with Crippen LogP contribution in [0.15, 0.2) is 48.5 Å². The van der Waals surface area contributed by atoms with Crippen LogP contribution in [0.1, 0.15) is 11.1 Å². The highest BCUT2D eigenvalue weighted by molar-refractivity contribution is 5.93. The van der Waals surface area contributed by atoms with Crippen LogP contribution in [-0.4, -0.2) is 40.5 Å². The number of nitrogens with zero attached hydrogens (tertiary/aromatic N) is 2. The molecule has 0 aliphatic carbocycles. The van der Waals surface area contributed by atoms with Gasteiger partial charge < -0.3 is 14.2 Å². The summed E-state index contributed by atoms with van der Waals surface area (Å²) in [6.45, 7) is 2.97. The van der Waals surface area contributed by atoms with Crippen LogP contribution in [0.2, 0.25) is 0 Å². The number of methoxy groups -OCH3 is 2. The standard InChI is InChI=1S/C24H23N3O3/c1-28-22-8-7-17(15-23(22)29-2)20(16-25)14-19-13-18-5-3-4-6-21(18)26-24(19)27-9-11-30-12-10-27/h3-8,13-15H,9-12H2,1-2H3/p+1/b20-14+. The lowest BCUT2D eigenvalue weighted by atomic mass is 10.0. The van der Waals surface area contributed by atoms with Gasteiger partial charge in [-0.05, 0) is 42.0 Å². The first kappa shape index (κ1) is 19.7. The number of para-hydroxylation sites is 1. The fraction of sp³-hybridized carbons (Fsp3) is 0.250. The topological polar surface area (TPSA) is 68.9 Å². The quantitative estimate of drug-likeness (QED) is 0.610. The van der Waals surface area contributed by atoms with Gasteiger partial charge in [0.1, 0.15) is 18.6 Å². The number of hydrogen-bond donors (Lipinski definition) is 0. The predicted octanol–water partition coefficient (Wildman–Crippen LogP) is 3.57. The van der Waals surface area contributed by atoms with E-state index in [1.807, 2.05) is 36.4 Å². The van der Waals surface area contributed by atoms with Gasteiger partial charge in [0.25, 0.3) is 5.82 Å². The Morgan fingerprint density at radius 2 is 1.83 bits per heavy atom. The van der Waals surface area contributed by atoms with Gasteiger partial charge in [0.15, 0.2) is 11.5 Å².